The average molecular weight is 413 g/mol. The Balaban J connectivity index is 2.10. The fraction of sp³-hybridized carbons (Fsp3) is 0.238. The SMILES string of the molecule is Cc1ccc(COc2ccc(/C=C(/C#N)C(=O)NC(C)C)cc2Br)cc1. The summed E-state index contributed by atoms with van der Waals surface area (Å²) in [5.74, 6) is 0.325. The molecule has 2 aromatic carbocycles. The van der Waals surface area contributed by atoms with E-state index < -0.39 is 0 Å². The van der Waals surface area contributed by atoms with Gasteiger partial charge < -0.3 is 10.1 Å². The standard InChI is InChI=1S/C21H21BrN2O2/c1-14(2)24-21(25)18(12-23)10-17-8-9-20(19(22)11-17)26-13-16-6-4-15(3)5-7-16/h4-11,14H,13H2,1-3H3,(H,24,25)/b18-10-. The van der Waals surface area contributed by atoms with E-state index in [4.69, 9.17) is 4.74 Å². The van der Waals surface area contributed by atoms with Crippen LogP contribution in [-0.4, -0.2) is 11.9 Å². The van der Waals surface area contributed by atoms with Crippen LogP contribution in [0.2, 0.25) is 0 Å². The molecule has 0 heterocycles. The Morgan fingerprint density at radius 1 is 1.27 bits per heavy atom. The van der Waals surface area contributed by atoms with Gasteiger partial charge in [0.2, 0.25) is 0 Å². The number of amides is 1. The van der Waals surface area contributed by atoms with Crippen LogP contribution in [0.1, 0.15) is 30.5 Å². The molecule has 0 radical (unpaired) electrons. The summed E-state index contributed by atoms with van der Waals surface area (Å²) >= 11 is 3.48. The highest BCUT2D eigenvalue weighted by atomic mass is 79.9. The van der Waals surface area contributed by atoms with Crippen molar-refractivity contribution in [2.75, 3.05) is 0 Å². The molecule has 0 spiro atoms. The lowest BCUT2D eigenvalue weighted by molar-refractivity contribution is -0.117. The number of nitrogens with zero attached hydrogens (tertiary/aromatic N) is 1. The van der Waals surface area contributed by atoms with Gasteiger partial charge in [-0.2, -0.15) is 5.26 Å². The lowest BCUT2D eigenvalue weighted by Crippen LogP contribution is -2.30. The number of hydrogen-bond donors (Lipinski definition) is 1. The highest BCUT2D eigenvalue weighted by Gasteiger charge is 2.11. The normalized spacial score (nSPS) is 11.2. The molecule has 0 aliphatic carbocycles. The van der Waals surface area contributed by atoms with E-state index in [1.807, 2.05) is 69.3 Å². The number of nitrogens with one attached hydrogen (secondary N) is 1. The molecule has 1 N–H and O–H groups in total. The van der Waals surface area contributed by atoms with Crippen LogP contribution >= 0.6 is 15.9 Å². The molecule has 2 rings (SSSR count). The van der Waals surface area contributed by atoms with Crippen LogP contribution in [-0.2, 0) is 11.4 Å². The lowest BCUT2D eigenvalue weighted by atomic mass is 10.1. The van der Waals surface area contributed by atoms with Gasteiger partial charge in [-0.3, -0.25) is 4.79 Å². The summed E-state index contributed by atoms with van der Waals surface area (Å²) in [7, 11) is 0. The maximum Gasteiger partial charge on any atom is 0.262 e. The van der Waals surface area contributed by atoms with Gasteiger partial charge in [0.05, 0.1) is 4.47 Å². The number of nitriles is 1. The molecule has 0 atom stereocenters. The number of benzene rings is 2. The minimum atomic E-state index is -0.377. The zero-order valence-corrected chi connectivity index (χ0v) is 16.6. The van der Waals surface area contributed by atoms with Crippen molar-refractivity contribution in [3.63, 3.8) is 0 Å². The van der Waals surface area contributed by atoms with Crippen molar-refractivity contribution in [1.29, 1.82) is 5.26 Å². The van der Waals surface area contributed by atoms with Gasteiger partial charge in [0, 0.05) is 6.04 Å². The minimum Gasteiger partial charge on any atom is -0.488 e. The number of rotatable bonds is 6. The molecule has 0 fully saturated rings. The second-order valence-corrected chi connectivity index (χ2v) is 7.12. The van der Waals surface area contributed by atoms with Crippen LogP contribution in [0, 0.1) is 18.3 Å². The summed E-state index contributed by atoms with van der Waals surface area (Å²) in [6.07, 6.45) is 1.56. The fourth-order valence-corrected chi connectivity index (χ4v) is 2.74. The zero-order valence-electron chi connectivity index (χ0n) is 15.0. The van der Waals surface area contributed by atoms with E-state index in [0.29, 0.717) is 12.4 Å². The molecule has 0 saturated carbocycles. The van der Waals surface area contributed by atoms with E-state index in [-0.39, 0.29) is 17.5 Å². The first-order valence-corrected chi connectivity index (χ1v) is 9.09. The Morgan fingerprint density at radius 3 is 2.54 bits per heavy atom. The predicted octanol–water partition coefficient (Wildman–Crippen LogP) is 4.77. The predicted molar refractivity (Wildman–Crippen MR) is 107 cm³/mol. The van der Waals surface area contributed by atoms with Gasteiger partial charge in [-0.25, -0.2) is 0 Å². The van der Waals surface area contributed by atoms with E-state index in [0.717, 1.165) is 15.6 Å². The third-order valence-corrected chi connectivity index (χ3v) is 4.19. The average Bonchev–Trinajstić information content (AvgIpc) is 2.59. The van der Waals surface area contributed by atoms with Crippen LogP contribution in [0.5, 0.6) is 5.75 Å². The maximum absolute atomic E-state index is 12.0. The summed E-state index contributed by atoms with van der Waals surface area (Å²) < 4.78 is 6.60. The Kier molecular flexibility index (Phi) is 6.99. The van der Waals surface area contributed by atoms with E-state index >= 15 is 0 Å². The van der Waals surface area contributed by atoms with E-state index in [1.54, 1.807) is 6.08 Å². The molecule has 5 heteroatoms. The quantitative estimate of drug-likeness (QED) is 0.548. The monoisotopic (exact) mass is 412 g/mol. The van der Waals surface area contributed by atoms with E-state index in [9.17, 15) is 10.1 Å². The number of hydrogen-bond acceptors (Lipinski definition) is 3. The summed E-state index contributed by atoms with van der Waals surface area (Å²) in [6.45, 7) is 6.21. The van der Waals surface area contributed by atoms with Gasteiger partial charge in [0.15, 0.2) is 0 Å². The van der Waals surface area contributed by atoms with Crippen LogP contribution in [0.3, 0.4) is 0 Å². The van der Waals surface area contributed by atoms with Gasteiger partial charge in [-0.05, 0) is 66.0 Å². The highest BCUT2D eigenvalue weighted by molar-refractivity contribution is 9.10. The molecule has 0 unspecified atom stereocenters. The van der Waals surface area contributed by atoms with Gasteiger partial charge >= 0.3 is 0 Å². The van der Waals surface area contributed by atoms with Crippen molar-refractivity contribution >= 4 is 27.9 Å². The molecule has 134 valence electrons. The van der Waals surface area contributed by atoms with Crippen molar-refractivity contribution in [3.05, 3.63) is 69.2 Å². The van der Waals surface area contributed by atoms with Crippen molar-refractivity contribution in [2.24, 2.45) is 0 Å². The Hall–Kier alpha value is -2.58. The molecular formula is C21H21BrN2O2. The Bertz CT molecular complexity index is 849. The number of halogens is 1. The van der Waals surface area contributed by atoms with Crippen molar-refractivity contribution < 1.29 is 9.53 Å². The number of carbonyl (C=O) groups is 1. The number of aryl methyl sites for hydroxylation is 1. The van der Waals surface area contributed by atoms with Gasteiger partial charge in [0.25, 0.3) is 5.91 Å². The van der Waals surface area contributed by atoms with Gasteiger partial charge in [-0.1, -0.05) is 35.9 Å². The van der Waals surface area contributed by atoms with E-state index in [2.05, 4.69) is 21.2 Å². The highest BCUT2D eigenvalue weighted by Crippen LogP contribution is 2.27. The molecule has 0 bridgehead atoms. The molecule has 0 aliphatic heterocycles. The lowest BCUT2D eigenvalue weighted by Gasteiger charge is -2.10. The van der Waals surface area contributed by atoms with Crippen LogP contribution in [0.4, 0.5) is 0 Å². The third kappa shape index (κ3) is 5.75. The smallest absolute Gasteiger partial charge is 0.262 e. The van der Waals surface area contributed by atoms with Gasteiger partial charge in [0.1, 0.15) is 24.0 Å². The second-order valence-electron chi connectivity index (χ2n) is 6.26. The van der Waals surface area contributed by atoms with Crippen molar-refractivity contribution in [1.82, 2.24) is 5.32 Å². The molecule has 0 saturated heterocycles. The summed E-state index contributed by atoms with van der Waals surface area (Å²) in [4.78, 5) is 12.0. The summed E-state index contributed by atoms with van der Waals surface area (Å²) in [6, 6.07) is 15.5. The maximum atomic E-state index is 12.0. The van der Waals surface area contributed by atoms with Crippen molar-refractivity contribution in [2.45, 2.75) is 33.4 Å². The second kappa shape index (κ2) is 9.21. The minimum absolute atomic E-state index is 0.0245. The molecule has 4 nitrogen and oxygen atoms in total. The largest absolute Gasteiger partial charge is 0.488 e. The fourth-order valence-electron chi connectivity index (χ4n) is 2.22. The van der Waals surface area contributed by atoms with Crippen LogP contribution in [0.15, 0.2) is 52.5 Å². The zero-order chi connectivity index (χ0) is 19.1. The first kappa shape index (κ1) is 19.7. The third-order valence-electron chi connectivity index (χ3n) is 3.57. The van der Waals surface area contributed by atoms with Crippen molar-refractivity contribution in [3.8, 4) is 11.8 Å². The molecule has 1 amide bonds. The first-order chi connectivity index (χ1) is 12.4. The molecule has 2 aromatic rings. The summed E-state index contributed by atoms with van der Waals surface area (Å²) in [5.41, 5.74) is 3.11. The molecule has 0 aliphatic rings. The van der Waals surface area contributed by atoms with Gasteiger partial charge in [-0.15, -0.1) is 0 Å². The van der Waals surface area contributed by atoms with Crippen LogP contribution < -0.4 is 10.1 Å². The summed E-state index contributed by atoms with van der Waals surface area (Å²) in [5, 5.41) is 11.9. The molecule has 26 heavy (non-hydrogen) atoms. The molecule has 0 aromatic heterocycles. The van der Waals surface area contributed by atoms with Crippen LogP contribution in [0.25, 0.3) is 6.08 Å². The van der Waals surface area contributed by atoms with E-state index in [1.165, 1.54) is 5.56 Å². The Morgan fingerprint density at radius 2 is 1.96 bits per heavy atom. The molecular weight excluding hydrogens is 392 g/mol. The number of ether oxygens (including phenoxy) is 1. The Labute approximate surface area is 162 Å². The topological polar surface area (TPSA) is 62.1 Å². The number of carbonyl (C=O) groups excluding carboxylic acids is 1. The first-order valence-electron chi connectivity index (χ1n) is 8.29.